The van der Waals surface area contributed by atoms with Crippen LogP contribution in [0.25, 0.3) is 0 Å². The quantitative estimate of drug-likeness (QED) is 0.322. The van der Waals surface area contributed by atoms with E-state index < -0.39 is 0 Å². The lowest BCUT2D eigenvalue weighted by molar-refractivity contribution is 0.0708. The van der Waals surface area contributed by atoms with Gasteiger partial charge in [0.25, 0.3) is 11.8 Å². The average Bonchev–Trinajstić information content (AvgIpc) is 3.37. The molecule has 6 nitrogen and oxygen atoms in total. The summed E-state index contributed by atoms with van der Waals surface area (Å²) in [5, 5.41) is 7.07. The Bertz CT molecular complexity index is 1160. The minimum Gasteiger partial charge on any atom is -0.347 e. The predicted octanol–water partition coefficient (Wildman–Crippen LogP) is 5.42. The van der Waals surface area contributed by atoms with Crippen molar-refractivity contribution in [2.75, 3.05) is 18.8 Å². The van der Waals surface area contributed by atoms with E-state index in [0.717, 1.165) is 28.4 Å². The number of pyridine rings is 1. The number of aromatic nitrogens is 2. The van der Waals surface area contributed by atoms with E-state index in [0.29, 0.717) is 41.7 Å². The molecule has 0 saturated carbocycles. The third-order valence-electron chi connectivity index (χ3n) is 5.59. The van der Waals surface area contributed by atoms with Gasteiger partial charge in [-0.05, 0) is 42.7 Å². The molecule has 1 saturated heterocycles. The van der Waals surface area contributed by atoms with Gasteiger partial charge in [0.2, 0.25) is 0 Å². The van der Waals surface area contributed by atoms with E-state index in [1.807, 2.05) is 28.5 Å². The van der Waals surface area contributed by atoms with Crippen LogP contribution in [0.3, 0.4) is 0 Å². The Morgan fingerprint density at radius 1 is 1.24 bits per heavy atom. The van der Waals surface area contributed by atoms with E-state index in [9.17, 15) is 9.59 Å². The second-order valence-electron chi connectivity index (χ2n) is 7.90. The number of halogens is 1. The van der Waals surface area contributed by atoms with Crippen LogP contribution in [0.15, 0.2) is 65.7 Å². The van der Waals surface area contributed by atoms with Crippen molar-refractivity contribution in [1.29, 1.82) is 0 Å². The summed E-state index contributed by atoms with van der Waals surface area (Å²) in [6.45, 7) is 5.47. The third kappa shape index (κ3) is 6.05. The van der Waals surface area contributed by atoms with Gasteiger partial charge in [0.1, 0.15) is 10.7 Å². The van der Waals surface area contributed by atoms with Gasteiger partial charge in [0, 0.05) is 47.9 Å². The molecular formula is C25H25ClN4O2S2. The van der Waals surface area contributed by atoms with E-state index >= 15 is 0 Å². The van der Waals surface area contributed by atoms with Crippen LogP contribution in [-0.4, -0.2) is 45.5 Å². The summed E-state index contributed by atoms with van der Waals surface area (Å²) in [5.41, 5.74) is 2.05. The van der Waals surface area contributed by atoms with Crippen LogP contribution in [0.2, 0.25) is 5.02 Å². The Morgan fingerprint density at radius 3 is 2.74 bits per heavy atom. The van der Waals surface area contributed by atoms with Crippen LogP contribution in [0.5, 0.6) is 0 Å². The summed E-state index contributed by atoms with van der Waals surface area (Å²) in [7, 11) is 0. The topological polar surface area (TPSA) is 75.2 Å². The second-order valence-corrected chi connectivity index (χ2v) is 10.2. The van der Waals surface area contributed by atoms with Crippen molar-refractivity contribution in [3.05, 3.63) is 87.5 Å². The van der Waals surface area contributed by atoms with Crippen molar-refractivity contribution in [2.45, 2.75) is 30.3 Å². The molecule has 9 heteroatoms. The minimum absolute atomic E-state index is 0.0134. The predicted molar refractivity (Wildman–Crippen MR) is 138 cm³/mol. The molecule has 2 aromatic heterocycles. The number of thiazole rings is 1. The first kappa shape index (κ1) is 24.4. The molecule has 1 aliphatic rings. The molecule has 2 amide bonds. The van der Waals surface area contributed by atoms with Gasteiger partial charge in [-0.15, -0.1) is 29.7 Å². The fourth-order valence-corrected chi connectivity index (χ4v) is 5.58. The fraction of sp³-hybridized carbons (Fsp3) is 0.280. The lowest BCUT2D eigenvalue weighted by Crippen LogP contribution is -2.38. The van der Waals surface area contributed by atoms with Crippen LogP contribution < -0.4 is 5.32 Å². The molecular weight excluding hydrogens is 488 g/mol. The summed E-state index contributed by atoms with van der Waals surface area (Å²) in [4.78, 5) is 36.5. The number of thioether (sulfide) groups is 1. The number of carbonyl (C=O) groups excluding carboxylic acids is 2. The fourth-order valence-electron chi connectivity index (χ4n) is 3.76. The smallest absolute Gasteiger partial charge is 0.271 e. The highest BCUT2D eigenvalue weighted by Gasteiger charge is 2.28. The van der Waals surface area contributed by atoms with Crippen molar-refractivity contribution < 1.29 is 9.59 Å². The van der Waals surface area contributed by atoms with E-state index in [2.05, 4.69) is 21.9 Å². The van der Waals surface area contributed by atoms with Gasteiger partial charge in [-0.2, -0.15) is 0 Å². The molecule has 1 N–H and O–H groups in total. The molecule has 4 rings (SSSR count). The highest BCUT2D eigenvalue weighted by molar-refractivity contribution is 7.99. The Morgan fingerprint density at radius 2 is 2.00 bits per heavy atom. The SMILES string of the molecule is C=CCSc1ncccc1C(=O)N1CCC(c2nc(C(=O)NCc3ccc(Cl)cc3)cs2)CC1. The van der Waals surface area contributed by atoms with Crippen LogP contribution in [0, 0.1) is 0 Å². The molecule has 0 radical (unpaired) electrons. The summed E-state index contributed by atoms with van der Waals surface area (Å²) in [6, 6.07) is 11.0. The van der Waals surface area contributed by atoms with Gasteiger partial charge in [-0.1, -0.05) is 29.8 Å². The highest BCUT2D eigenvalue weighted by Crippen LogP contribution is 2.31. The zero-order valence-electron chi connectivity index (χ0n) is 18.6. The Labute approximate surface area is 212 Å². The molecule has 34 heavy (non-hydrogen) atoms. The molecule has 3 heterocycles. The van der Waals surface area contributed by atoms with Gasteiger partial charge < -0.3 is 10.2 Å². The van der Waals surface area contributed by atoms with Crippen LogP contribution in [-0.2, 0) is 6.54 Å². The first-order valence-electron chi connectivity index (χ1n) is 11.0. The van der Waals surface area contributed by atoms with E-state index in [1.54, 1.807) is 30.5 Å². The molecule has 0 atom stereocenters. The van der Waals surface area contributed by atoms with Crippen molar-refractivity contribution in [2.24, 2.45) is 0 Å². The maximum Gasteiger partial charge on any atom is 0.271 e. The molecule has 176 valence electrons. The number of carbonyl (C=O) groups is 2. The summed E-state index contributed by atoms with van der Waals surface area (Å²) >= 11 is 8.93. The first-order valence-corrected chi connectivity index (χ1v) is 13.3. The molecule has 3 aromatic rings. The number of nitrogens with zero attached hydrogens (tertiary/aromatic N) is 3. The number of hydrogen-bond acceptors (Lipinski definition) is 6. The Kier molecular flexibility index (Phi) is 8.37. The summed E-state index contributed by atoms with van der Waals surface area (Å²) < 4.78 is 0. The number of hydrogen-bond donors (Lipinski definition) is 1. The molecule has 0 aliphatic carbocycles. The molecule has 1 aromatic carbocycles. The zero-order valence-corrected chi connectivity index (χ0v) is 21.0. The van der Waals surface area contributed by atoms with Gasteiger partial charge >= 0.3 is 0 Å². The number of likely N-dealkylation sites (tertiary alicyclic amines) is 1. The van der Waals surface area contributed by atoms with Gasteiger partial charge in [-0.3, -0.25) is 9.59 Å². The van der Waals surface area contributed by atoms with Crippen LogP contribution in [0.1, 0.15) is 50.2 Å². The maximum atomic E-state index is 13.1. The number of piperidine rings is 1. The monoisotopic (exact) mass is 512 g/mol. The molecule has 0 spiro atoms. The van der Waals surface area contributed by atoms with E-state index in [4.69, 9.17) is 11.6 Å². The summed E-state index contributed by atoms with van der Waals surface area (Å²) in [6.07, 6.45) is 5.15. The van der Waals surface area contributed by atoms with Gasteiger partial charge in [0.15, 0.2) is 0 Å². The molecule has 1 aliphatic heterocycles. The first-order chi connectivity index (χ1) is 16.5. The third-order valence-corrected chi connectivity index (χ3v) is 7.85. The molecule has 1 fully saturated rings. The maximum absolute atomic E-state index is 13.1. The highest BCUT2D eigenvalue weighted by atomic mass is 35.5. The minimum atomic E-state index is -0.189. The van der Waals surface area contributed by atoms with Gasteiger partial charge in [0.05, 0.1) is 10.6 Å². The van der Waals surface area contributed by atoms with Crippen molar-refractivity contribution in [1.82, 2.24) is 20.2 Å². The number of amides is 2. The molecule has 0 unspecified atom stereocenters. The number of rotatable bonds is 8. The summed E-state index contributed by atoms with van der Waals surface area (Å²) in [5.74, 6) is 0.778. The number of nitrogens with one attached hydrogen (secondary N) is 1. The largest absolute Gasteiger partial charge is 0.347 e. The zero-order chi connectivity index (χ0) is 23.9. The lowest BCUT2D eigenvalue weighted by atomic mass is 9.97. The number of benzene rings is 1. The standard InChI is InChI=1S/C25H25ClN4O2S2/c1-2-14-33-24-20(4-3-11-27-24)25(32)30-12-9-18(10-13-30)23-29-21(16-34-23)22(31)28-15-17-5-7-19(26)8-6-17/h2-8,11,16,18H,1,9-10,12-15H2,(H,28,31). The normalized spacial score (nSPS) is 14.1. The Hall–Kier alpha value is -2.68. The average molecular weight is 513 g/mol. The van der Waals surface area contributed by atoms with Gasteiger partial charge in [-0.25, -0.2) is 9.97 Å². The lowest BCUT2D eigenvalue weighted by Gasteiger charge is -2.31. The van der Waals surface area contributed by atoms with E-state index in [1.165, 1.54) is 23.1 Å². The molecule has 0 bridgehead atoms. The Balaban J connectivity index is 1.31. The van der Waals surface area contributed by atoms with Crippen LogP contribution >= 0.6 is 34.7 Å². The van der Waals surface area contributed by atoms with Crippen molar-refractivity contribution >= 4 is 46.5 Å². The van der Waals surface area contributed by atoms with Crippen LogP contribution in [0.4, 0.5) is 0 Å². The van der Waals surface area contributed by atoms with E-state index in [-0.39, 0.29) is 17.7 Å². The van der Waals surface area contributed by atoms with Crippen molar-refractivity contribution in [3.8, 4) is 0 Å². The van der Waals surface area contributed by atoms with Crippen molar-refractivity contribution in [3.63, 3.8) is 0 Å². The second kappa shape index (κ2) is 11.6.